The summed E-state index contributed by atoms with van der Waals surface area (Å²) in [5, 5.41) is 9.04. The molecule has 0 unspecified atom stereocenters. The fourth-order valence-electron chi connectivity index (χ4n) is 2.06. The summed E-state index contributed by atoms with van der Waals surface area (Å²) in [6, 6.07) is 11.0. The zero-order valence-corrected chi connectivity index (χ0v) is 12.8. The average molecular weight is 292 g/mol. The lowest BCUT2D eigenvalue weighted by atomic mass is 10.0. The normalized spacial score (nSPS) is 10.5. The summed E-state index contributed by atoms with van der Waals surface area (Å²) in [7, 11) is 1.61. The Bertz CT molecular complexity index is 769. The SMILES string of the molecule is COc1ccc(C=CC(=O)c2cc(C#N)c(C)nc2C)cc1. The summed E-state index contributed by atoms with van der Waals surface area (Å²) < 4.78 is 5.09. The Morgan fingerprint density at radius 2 is 1.91 bits per heavy atom. The van der Waals surface area contributed by atoms with Gasteiger partial charge in [0.15, 0.2) is 5.78 Å². The molecule has 0 aliphatic carbocycles. The van der Waals surface area contributed by atoms with Crippen LogP contribution in [0.2, 0.25) is 0 Å². The number of carbonyl (C=O) groups is 1. The fraction of sp³-hybridized carbons (Fsp3) is 0.167. The van der Waals surface area contributed by atoms with Crippen molar-refractivity contribution in [2.75, 3.05) is 7.11 Å². The lowest BCUT2D eigenvalue weighted by molar-refractivity contribution is 0.104. The van der Waals surface area contributed by atoms with Gasteiger partial charge in [0, 0.05) is 11.3 Å². The van der Waals surface area contributed by atoms with Crippen LogP contribution >= 0.6 is 0 Å². The van der Waals surface area contributed by atoms with Gasteiger partial charge in [0.1, 0.15) is 11.8 Å². The van der Waals surface area contributed by atoms with Crippen molar-refractivity contribution in [2.24, 2.45) is 0 Å². The molecule has 0 radical (unpaired) electrons. The minimum atomic E-state index is -0.169. The summed E-state index contributed by atoms with van der Waals surface area (Å²) in [6.45, 7) is 3.52. The van der Waals surface area contributed by atoms with Gasteiger partial charge in [-0.3, -0.25) is 9.78 Å². The molecule has 0 bridgehead atoms. The quantitative estimate of drug-likeness (QED) is 0.639. The van der Waals surface area contributed by atoms with E-state index in [9.17, 15) is 4.79 Å². The zero-order valence-electron chi connectivity index (χ0n) is 12.8. The monoisotopic (exact) mass is 292 g/mol. The first-order valence-electron chi connectivity index (χ1n) is 6.80. The van der Waals surface area contributed by atoms with Crippen molar-refractivity contribution in [3.63, 3.8) is 0 Å². The van der Waals surface area contributed by atoms with Gasteiger partial charge in [0.2, 0.25) is 0 Å². The fourth-order valence-corrected chi connectivity index (χ4v) is 2.06. The van der Waals surface area contributed by atoms with Crippen molar-refractivity contribution >= 4 is 11.9 Å². The van der Waals surface area contributed by atoms with Crippen LogP contribution in [-0.4, -0.2) is 17.9 Å². The smallest absolute Gasteiger partial charge is 0.187 e. The van der Waals surface area contributed by atoms with Crippen LogP contribution in [0.3, 0.4) is 0 Å². The number of benzene rings is 1. The van der Waals surface area contributed by atoms with Crippen LogP contribution < -0.4 is 4.74 Å². The molecule has 0 amide bonds. The highest BCUT2D eigenvalue weighted by molar-refractivity contribution is 6.07. The maximum Gasteiger partial charge on any atom is 0.187 e. The van der Waals surface area contributed by atoms with Crippen molar-refractivity contribution in [3.8, 4) is 11.8 Å². The van der Waals surface area contributed by atoms with Gasteiger partial charge < -0.3 is 4.74 Å². The molecule has 0 aliphatic rings. The molecule has 22 heavy (non-hydrogen) atoms. The summed E-state index contributed by atoms with van der Waals surface area (Å²) in [4.78, 5) is 16.5. The van der Waals surface area contributed by atoms with Gasteiger partial charge in [-0.1, -0.05) is 18.2 Å². The zero-order chi connectivity index (χ0) is 16.1. The molecule has 0 N–H and O–H groups in total. The Morgan fingerprint density at radius 3 is 2.50 bits per heavy atom. The third-order valence-electron chi connectivity index (χ3n) is 3.33. The predicted octanol–water partition coefficient (Wildman–Crippen LogP) is 3.47. The van der Waals surface area contributed by atoms with Crippen LogP contribution in [0.15, 0.2) is 36.4 Å². The number of nitrogens with zero attached hydrogens (tertiary/aromatic N) is 2. The minimum absolute atomic E-state index is 0.169. The third-order valence-corrected chi connectivity index (χ3v) is 3.33. The number of methoxy groups -OCH3 is 1. The highest BCUT2D eigenvalue weighted by atomic mass is 16.5. The van der Waals surface area contributed by atoms with Gasteiger partial charge in [0.25, 0.3) is 0 Å². The summed E-state index contributed by atoms with van der Waals surface area (Å²) in [5.41, 5.74) is 3.03. The Labute approximate surface area is 129 Å². The molecule has 0 saturated carbocycles. The maximum atomic E-state index is 12.3. The van der Waals surface area contributed by atoms with E-state index in [1.807, 2.05) is 24.3 Å². The second-order valence-corrected chi connectivity index (χ2v) is 4.84. The van der Waals surface area contributed by atoms with Crippen LogP contribution in [0.1, 0.15) is 32.9 Å². The van der Waals surface area contributed by atoms with E-state index in [4.69, 9.17) is 10.00 Å². The first-order valence-corrected chi connectivity index (χ1v) is 6.80. The van der Waals surface area contributed by atoms with E-state index in [0.717, 1.165) is 11.3 Å². The summed E-state index contributed by atoms with van der Waals surface area (Å²) in [6.07, 6.45) is 3.22. The molecule has 1 heterocycles. The van der Waals surface area contributed by atoms with Crippen LogP contribution in [0.25, 0.3) is 6.08 Å². The van der Waals surface area contributed by atoms with E-state index in [2.05, 4.69) is 11.1 Å². The molecule has 110 valence electrons. The molecule has 0 atom stereocenters. The molecular weight excluding hydrogens is 276 g/mol. The lowest BCUT2D eigenvalue weighted by Gasteiger charge is -2.04. The Hall–Kier alpha value is -2.93. The number of pyridine rings is 1. The van der Waals surface area contributed by atoms with Crippen molar-refractivity contribution in [1.82, 2.24) is 4.98 Å². The summed E-state index contributed by atoms with van der Waals surface area (Å²) in [5.74, 6) is 0.595. The largest absolute Gasteiger partial charge is 0.497 e. The Balaban J connectivity index is 2.25. The lowest BCUT2D eigenvalue weighted by Crippen LogP contribution is -2.03. The first kappa shape index (κ1) is 15.5. The molecule has 4 nitrogen and oxygen atoms in total. The van der Waals surface area contributed by atoms with E-state index in [1.165, 1.54) is 6.08 Å². The van der Waals surface area contributed by atoms with Gasteiger partial charge >= 0.3 is 0 Å². The number of ketones is 1. The van der Waals surface area contributed by atoms with Crippen LogP contribution in [0.5, 0.6) is 5.75 Å². The van der Waals surface area contributed by atoms with Crippen LogP contribution in [-0.2, 0) is 0 Å². The highest BCUT2D eigenvalue weighted by Crippen LogP contribution is 2.15. The number of hydrogen-bond donors (Lipinski definition) is 0. The molecule has 2 rings (SSSR count). The molecule has 1 aromatic carbocycles. The van der Waals surface area contributed by atoms with E-state index in [1.54, 1.807) is 33.1 Å². The van der Waals surface area contributed by atoms with Gasteiger partial charge in [-0.05, 0) is 43.7 Å². The molecule has 1 aromatic heterocycles. The number of aromatic nitrogens is 1. The Kier molecular flexibility index (Phi) is 4.70. The van der Waals surface area contributed by atoms with Crippen LogP contribution in [0.4, 0.5) is 0 Å². The number of aryl methyl sites for hydroxylation is 2. The van der Waals surface area contributed by atoms with Crippen molar-refractivity contribution in [3.05, 3.63) is 64.5 Å². The highest BCUT2D eigenvalue weighted by Gasteiger charge is 2.11. The molecule has 2 aromatic rings. The molecule has 4 heteroatoms. The maximum absolute atomic E-state index is 12.3. The van der Waals surface area contributed by atoms with Gasteiger partial charge in [-0.2, -0.15) is 5.26 Å². The molecule has 0 saturated heterocycles. The summed E-state index contributed by atoms with van der Waals surface area (Å²) >= 11 is 0. The number of carbonyl (C=O) groups excluding carboxylic acids is 1. The number of nitriles is 1. The van der Waals surface area contributed by atoms with E-state index in [-0.39, 0.29) is 5.78 Å². The molecule has 0 fully saturated rings. The molecule has 0 spiro atoms. The van der Waals surface area contributed by atoms with Crippen molar-refractivity contribution in [1.29, 1.82) is 5.26 Å². The van der Waals surface area contributed by atoms with Gasteiger partial charge in [0.05, 0.1) is 18.4 Å². The second-order valence-electron chi connectivity index (χ2n) is 4.84. The van der Waals surface area contributed by atoms with Crippen molar-refractivity contribution in [2.45, 2.75) is 13.8 Å². The number of rotatable bonds is 4. The van der Waals surface area contributed by atoms with Gasteiger partial charge in [-0.25, -0.2) is 0 Å². The van der Waals surface area contributed by atoms with Crippen molar-refractivity contribution < 1.29 is 9.53 Å². The third kappa shape index (κ3) is 3.39. The van der Waals surface area contributed by atoms with Gasteiger partial charge in [-0.15, -0.1) is 0 Å². The Morgan fingerprint density at radius 1 is 1.23 bits per heavy atom. The molecule has 0 aliphatic heterocycles. The number of hydrogen-bond acceptors (Lipinski definition) is 4. The number of allylic oxidation sites excluding steroid dienone is 1. The predicted molar refractivity (Wildman–Crippen MR) is 84.8 cm³/mol. The average Bonchev–Trinajstić information content (AvgIpc) is 2.53. The standard InChI is InChI=1S/C18H16N2O2/c1-12-15(11-19)10-17(13(2)20-12)18(21)9-6-14-4-7-16(22-3)8-5-14/h4-10H,1-3H3. The molecular formula is C18H16N2O2. The number of ether oxygens (including phenoxy) is 1. The second kappa shape index (κ2) is 6.68. The van der Waals surface area contributed by atoms with E-state index < -0.39 is 0 Å². The minimum Gasteiger partial charge on any atom is -0.497 e. The van der Waals surface area contributed by atoms with E-state index >= 15 is 0 Å². The van der Waals surface area contributed by atoms with E-state index in [0.29, 0.717) is 22.5 Å². The first-order chi connectivity index (χ1) is 10.5. The topological polar surface area (TPSA) is 63.0 Å². The van der Waals surface area contributed by atoms with Crippen LogP contribution in [0, 0.1) is 25.2 Å².